The number of nitrogens with zero attached hydrogens (tertiary/aromatic N) is 2. The van der Waals surface area contributed by atoms with E-state index in [0.717, 1.165) is 50.4 Å². The van der Waals surface area contributed by atoms with Crippen molar-refractivity contribution in [1.29, 1.82) is 0 Å². The monoisotopic (exact) mass is 706 g/mol. The van der Waals surface area contributed by atoms with Gasteiger partial charge in [0.1, 0.15) is 5.58 Å². The van der Waals surface area contributed by atoms with E-state index < -0.39 is 0 Å². The summed E-state index contributed by atoms with van der Waals surface area (Å²) in [4.78, 5) is 4.76. The van der Waals surface area contributed by atoms with Crippen molar-refractivity contribution in [3.05, 3.63) is 182 Å². The van der Waals surface area contributed by atoms with E-state index in [1.807, 2.05) is 12.1 Å². The molecular formula is C46H30N2OSe. The van der Waals surface area contributed by atoms with Crippen LogP contribution >= 0.6 is 0 Å². The van der Waals surface area contributed by atoms with Crippen molar-refractivity contribution in [2.24, 2.45) is 0 Å². The quantitative estimate of drug-likeness (QED) is 0.161. The van der Waals surface area contributed by atoms with Crippen molar-refractivity contribution in [2.45, 2.75) is 0 Å². The molecule has 0 amide bonds. The van der Waals surface area contributed by atoms with Crippen LogP contribution < -0.4 is 9.80 Å². The van der Waals surface area contributed by atoms with E-state index in [2.05, 4.69) is 180 Å². The van der Waals surface area contributed by atoms with E-state index in [9.17, 15) is 0 Å². The number of hydrogen-bond acceptors (Lipinski definition) is 3. The summed E-state index contributed by atoms with van der Waals surface area (Å²) in [5.74, 6) is 0. The number of para-hydroxylation sites is 3. The first kappa shape index (κ1) is 28.9. The molecular weight excluding hydrogens is 675 g/mol. The molecule has 0 fully saturated rings. The van der Waals surface area contributed by atoms with Crippen molar-refractivity contribution in [3.8, 4) is 0 Å². The van der Waals surface area contributed by atoms with Crippen molar-refractivity contribution in [1.82, 2.24) is 0 Å². The Labute approximate surface area is 295 Å². The SMILES string of the molecule is c1ccc(N(c2cccc(N(c3ccccc3)c3cc4ccccc4c4[se]c5ccccc5c34)c2)c2ccc3c(c2)oc2ccccc23)cc1. The number of rotatable bonds is 6. The van der Waals surface area contributed by atoms with E-state index in [0.29, 0.717) is 0 Å². The Morgan fingerprint density at radius 3 is 1.76 bits per heavy atom. The van der Waals surface area contributed by atoms with Crippen LogP contribution in [-0.2, 0) is 0 Å². The molecule has 0 saturated carbocycles. The average molecular weight is 706 g/mol. The first-order valence-electron chi connectivity index (χ1n) is 16.8. The standard InChI is InChI=1S/C46H30N2OSe/c1-3-15-32(16-4-1)47(36-26-27-39-38-22-9-11-24-42(38)49-43(39)30-36)34-19-13-20-35(29-34)48(33-17-5-2-6-18-33)41-28-31-14-7-8-21-37(31)46-45(41)40-23-10-12-25-44(40)50-46/h1-30H. The minimum atomic E-state index is 0.213. The summed E-state index contributed by atoms with van der Waals surface area (Å²) in [6.07, 6.45) is 0. The van der Waals surface area contributed by atoms with Gasteiger partial charge in [0, 0.05) is 5.39 Å². The molecule has 0 N–H and O–H groups in total. The molecule has 0 radical (unpaired) electrons. The molecule has 2 aromatic heterocycles. The molecule has 0 aliphatic rings. The molecule has 0 aliphatic heterocycles. The zero-order valence-electron chi connectivity index (χ0n) is 27.0. The van der Waals surface area contributed by atoms with Gasteiger partial charge in [-0.25, -0.2) is 0 Å². The molecule has 10 rings (SSSR count). The van der Waals surface area contributed by atoms with E-state index in [4.69, 9.17) is 4.42 Å². The summed E-state index contributed by atoms with van der Waals surface area (Å²) in [5.41, 5.74) is 8.36. The van der Waals surface area contributed by atoms with E-state index in [-0.39, 0.29) is 14.5 Å². The van der Waals surface area contributed by atoms with Crippen molar-refractivity contribution >= 4 is 101 Å². The molecule has 2 heterocycles. The summed E-state index contributed by atoms with van der Waals surface area (Å²) < 4.78 is 9.25. The number of fused-ring (bicyclic) bond motifs is 8. The van der Waals surface area contributed by atoms with Gasteiger partial charge in [0.15, 0.2) is 0 Å². The second kappa shape index (κ2) is 11.8. The van der Waals surface area contributed by atoms with E-state index >= 15 is 0 Å². The Balaban J connectivity index is 1.21. The van der Waals surface area contributed by atoms with Gasteiger partial charge in [-0.2, -0.15) is 0 Å². The van der Waals surface area contributed by atoms with Gasteiger partial charge in [-0.15, -0.1) is 0 Å². The number of benzene rings is 8. The minimum absolute atomic E-state index is 0.213. The summed E-state index contributed by atoms with van der Waals surface area (Å²) in [5, 5.41) is 7.53. The summed E-state index contributed by atoms with van der Waals surface area (Å²) in [6.45, 7) is 0. The number of hydrogen-bond donors (Lipinski definition) is 0. The Kier molecular flexibility index (Phi) is 6.83. The van der Waals surface area contributed by atoms with Crippen molar-refractivity contribution < 1.29 is 4.42 Å². The Morgan fingerprint density at radius 1 is 0.380 bits per heavy atom. The normalized spacial score (nSPS) is 11.6. The summed E-state index contributed by atoms with van der Waals surface area (Å²) in [6, 6.07) is 65.3. The zero-order chi connectivity index (χ0) is 33.0. The first-order valence-corrected chi connectivity index (χ1v) is 18.6. The Bertz CT molecular complexity index is 2840. The van der Waals surface area contributed by atoms with Gasteiger partial charge >= 0.3 is 262 Å². The molecule has 3 nitrogen and oxygen atoms in total. The van der Waals surface area contributed by atoms with Crippen LogP contribution in [0.15, 0.2) is 186 Å². The fraction of sp³-hybridized carbons (Fsp3) is 0. The molecule has 0 saturated heterocycles. The van der Waals surface area contributed by atoms with Gasteiger partial charge in [0.05, 0.1) is 0 Å². The van der Waals surface area contributed by atoms with Crippen LogP contribution in [0.25, 0.3) is 52.0 Å². The Hall–Kier alpha value is -6.06. The van der Waals surface area contributed by atoms with E-state index in [1.165, 1.54) is 35.8 Å². The fourth-order valence-corrected chi connectivity index (χ4v) is 10.0. The summed E-state index contributed by atoms with van der Waals surface area (Å²) >= 11 is 0.213. The maximum absolute atomic E-state index is 6.37. The predicted octanol–water partition coefficient (Wildman–Crippen LogP) is 13.0. The van der Waals surface area contributed by atoms with Crippen LogP contribution in [-0.4, -0.2) is 14.5 Å². The van der Waals surface area contributed by atoms with Gasteiger partial charge < -0.3 is 0 Å². The van der Waals surface area contributed by atoms with Crippen molar-refractivity contribution in [3.63, 3.8) is 0 Å². The van der Waals surface area contributed by atoms with Crippen LogP contribution in [0.4, 0.5) is 34.1 Å². The fourth-order valence-electron chi connectivity index (χ4n) is 7.37. The molecule has 8 aromatic carbocycles. The van der Waals surface area contributed by atoms with Crippen LogP contribution in [0.2, 0.25) is 0 Å². The second-order valence-corrected chi connectivity index (χ2v) is 14.8. The third-order valence-electron chi connectivity index (χ3n) is 9.59. The number of furan rings is 1. The van der Waals surface area contributed by atoms with Crippen LogP contribution in [0.1, 0.15) is 0 Å². The summed E-state index contributed by atoms with van der Waals surface area (Å²) in [7, 11) is 0. The van der Waals surface area contributed by atoms with Gasteiger partial charge in [-0.05, 0) is 6.07 Å². The molecule has 4 heteroatoms. The predicted molar refractivity (Wildman–Crippen MR) is 213 cm³/mol. The molecule has 0 unspecified atom stereocenters. The second-order valence-electron chi connectivity index (χ2n) is 12.6. The molecule has 0 bridgehead atoms. The molecule has 236 valence electrons. The van der Waals surface area contributed by atoms with Crippen molar-refractivity contribution in [2.75, 3.05) is 9.80 Å². The van der Waals surface area contributed by atoms with Gasteiger partial charge in [0.2, 0.25) is 0 Å². The van der Waals surface area contributed by atoms with Gasteiger partial charge in [0.25, 0.3) is 0 Å². The topological polar surface area (TPSA) is 19.6 Å². The number of anilines is 6. The molecule has 0 atom stereocenters. The maximum atomic E-state index is 6.37. The van der Waals surface area contributed by atoms with Gasteiger partial charge in [-0.3, -0.25) is 0 Å². The van der Waals surface area contributed by atoms with Crippen LogP contribution in [0.5, 0.6) is 0 Å². The van der Waals surface area contributed by atoms with E-state index in [1.54, 1.807) is 0 Å². The third kappa shape index (κ3) is 4.73. The zero-order valence-corrected chi connectivity index (χ0v) is 28.7. The molecule has 0 spiro atoms. The van der Waals surface area contributed by atoms with Crippen LogP contribution in [0.3, 0.4) is 0 Å². The molecule has 50 heavy (non-hydrogen) atoms. The molecule has 0 aliphatic carbocycles. The first-order chi connectivity index (χ1) is 24.8. The average Bonchev–Trinajstić information content (AvgIpc) is 3.75. The van der Waals surface area contributed by atoms with Gasteiger partial charge in [-0.1, -0.05) is 18.2 Å². The van der Waals surface area contributed by atoms with Crippen LogP contribution in [0, 0.1) is 0 Å². The third-order valence-corrected chi connectivity index (χ3v) is 12.1. The molecule has 10 aromatic rings. The Morgan fingerprint density at radius 2 is 0.960 bits per heavy atom.